The zero-order valence-electron chi connectivity index (χ0n) is 14.1. The minimum atomic E-state index is 0.353. The predicted octanol–water partition coefficient (Wildman–Crippen LogP) is 3.76. The maximum Gasteiger partial charge on any atom is 0.225 e. The maximum absolute atomic E-state index is 4.82. The van der Waals surface area contributed by atoms with Gasteiger partial charge < -0.3 is 10.2 Å². The zero-order chi connectivity index (χ0) is 15.4. The number of nitrogens with one attached hydrogen (secondary N) is 1. The second-order valence-corrected chi connectivity index (χ2v) is 6.98. The Morgan fingerprint density at radius 3 is 2.36 bits per heavy atom. The van der Waals surface area contributed by atoms with E-state index in [1.54, 1.807) is 0 Å². The van der Waals surface area contributed by atoms with Gasteiger partial charge in [-0.15, -0.1) is 0 Å². The van der Waals surface area contributed by atoms with Crippen molar-refractivity contribution in [1.29, 1.82) is 0 Å². The summed E-state index contributed by atoms with van der Waals surface area (Å²) in [6, 6.07) is 1.05. The largest absolute Gasteiger partial charge is 0.341 e. The van der Waals surface area contributed by atoms with Gasteiger partial charge in [-0.25, -0.2) is 9.97 Å². The first kappa shape index (κ1) is 15.7. The van der Waals surface area contributed by atoms with Crippen molar-refractivity contribution >= 4 is 5.95 Å². The lowest BCUT2D eigenvalue weighted by Gasteiger charge is -2.31. The number of aromatic nitrogens is 2. The lowest BCUT2D eigenvalue weighted by Crippen LogP contribution is -2.37. The van der Waals surface area contributed by atoms with Crippen molar-refractivity contribution in [1.82, 2.24) is 15.3 Å². The second-order valence-electron chi connectivity index (χ2n) is 6.98. The summed E-state index contributed by atoms with van der Waals surface area (Å²) >= 11 is 0. The van der Waals surface area contributed by atoms with Crippen LogP contribution in [-0.2, 0) is 0 Å². The summed E-state index contributed by atoms with van der Waals surface area (Å²) in [7, 11) is 0. The van der Waals surface area contributed by atoms with Crippen molar-refractivity contribution in [2.24, 2.45) is 0 Å². The Kier molecular flexibility index (Phi) is 5.29. The zero-order valence-corrected chi connectivity index (χ0v) is 14.1. The Labute approximate surface area is 134 Å². The van der Waals surface area contributed by atoms with E-state index in [1.165, 1.54) is 56.9 Å². The highest BCUT2D eigenvalue weighted by Gasteiger charge is 2.21. The van der Waals surface area contributed by atoms with Gasteiger partial charge in [-0.3, -0.25) is 0 Å². The molecule has 2 aliphatic rings. The predicted molar refractivity (Wildman–Crippen MR) is 91.3 cm³/mol. The van der Waals surface area contributed by atoms with Gasteiger partial charge in [0.05, 0.1) is 0 Å². The van der Waals surface area contributed by atoms with Crippen LogP contribution in [0.4, 0.5) is 5.95 Å². The van der Waals surface area contributed by atoms with Crippen LogP contribution in [-0.4, -0.2) is 29.1 Å². The highest BCUT2D eigenvalue weighted by molar-refractivity contribution is 5.34. The van der Waals surface area contributed by atoms with Crippen LogP contribution in [0.5, 0.6) is 0 Å². The van der Waals surface area contributed by atoms with Gasteiger partial charge in [-0.05, 0) is 39.5 Å². The quantitative estimate of drug-likeness (QED) is 0.919. The normalized spacial score (nSPS) is 21.8. The van der Waals surface area contributed by atoms with Crippen molar-refractivity contribution in [3.05, 3.63) is 17.5 Å². The number of hydrogen-bond acceptors (Lipinski definition) is 4. The first-order valence-corrected chi connectivity index (χ1v) is 9.08. The molecule has 2 heterocycles. The second kappa shape index (κ2) is 7.40. The van der Waals surface area contributed by atoms with Crippen molar-refractivity contribution in [3.8, 4) is 0 Å². The maximum atomic E-state index is 4.82. The molecule has 0 bridgehead atoms. The standard InChI is InChI=1S/C18H30N4/c1-14(20-16-9-8-10-16)17-13-19-18(21-15(17)2)22-11-6-4-3-5-7-12-22/h13-14,16,20H,3-12H2,1-2H3/t14-/m1/s1. The van der Waals surface area contributed by atoms with E-state index in [9.17, 15) is 0 Å². The highest BCUT2D eigenvalue weighted by atomic mass is 15.2. The number of anilines is 1. The number of hydrogen-bond donors (Lipinski definition) is 1. The molecule has 0 radical (unpaired) electrons. The van der Waals surface area contributed by atoms with Gasteiger partial charge in [-0.1, -0.05) is 25.7 Å². The lowest BCUT2D eigenvalue weighted by atomic mass is 9.92. The van der Waals surface area contributed by atoms with E-state index >= 15 is 0 Å². The molecule has 1 aromatic heterocycles. The van der Waals surface area contributed by atoms with Crippen molar-refractivity contribution in [2.45, 2.75) is 77.3 Å². The third-order valence-corrected chi connectivity index (χ3v) is 5.20. The molecule has 1 aliphatic heterocycles. The summed E-state index contributed by atoms with van der Waals surface area (Å²) in [5, 5.41) is 3.70. The van der Waals surface area contributed by atoms with Crippen molar-refractivity contribution in [2.75, 3.05) is 18.0 Å². The molecule has 122 valence electrons. The summed E-state index contributed by atoms with van der Waals surface area (Å²) in [6.45, 7) is 6.58. The molecule has 1 aromatic rings. The minimum Gasteiger partial charge on any atom is -0.341 e. The molecule has 0 aromatic carbocycles. The Bertz CT molecular complexity index is 476. The van der Waals surface area contributed by atoms with Gasteiger partial charge in [0, 0.05) is 42.6 Å². The number of nitrogens with zero attached hydrogens (tertiary/aromatic N) is 3. The molecule has 0 unspecified atom stereocenters. The van der Waals surface area contributed by atoms with Crippen LogP contribution in [0.2, 0.25) is 0 Å². The third-order valence-electron chi connectivity index (χ3n) is 5.20. The Morgan fingerprint density at radius 1 is 1.09 bits per heavy atom. The van der Waals surface area contributed by atoms with E-state index in [-0.39, 0.29) is 0 Å². The summed E-state index contributed by atoms with van der Waals surface area (Å²) in [6.07, 6.45) is 12.7. The summed E-state index contributed by atoms with van der Waals surface area (Å²) in [5.74, 6) is 0.930. The van der Waals surface area contributed by atoms with E-state index < -0.39 is 0 Å². The van der Waals surface area contributed by atoms with E-state index in [0.717, 1.165) is 24.7 Å². The molecule has 1 saturated carbocycles. The van der Waals surface area contributed by atoms with Gasteiger partial charge in [0.15, 0.2) is 0 Å². The van der Waals surface area contributed by atoms with Crippen molar-refractivity contribution < 1.29 is 0 Å². The molecular weight excluding hydrogens is 272 g/mol. The lowest BCUT2D eigenvalue weighted by molar-refractivity contribution is 0.312. The molecule has 4 nitrogen and oxygen atoms in total. The average molecular weight is 302 g/mol. The van der Waals surface area contributed by atoms with Crippen LogP contribution in [0.25, 0.3) is 0 Å². The van der Waals surface area contributed by atoms with E-state index in [0.29, 0.717) is 12.1 Å². The number of aryl methyl sites for hydroxylation is 1. The van der Waals surface area contributed by atoms with Crippen LogP contribution < -0.4 is 10.2 Å². The highest BCUT2D eigenvalue weighted by Crippen LogP contribution is 2.24. The molecule has 3 rings (SSSR count). The molecule has 0 spiro atoms. The Balaban J connectivity index is 1.67. The van der Waals surface area contributed by atoms with Gasteiger partial charge in [0.25, 0.3) is 0 Å². The molecular formula is C18H30N4. The fourth-order valence-corrected chi connectivity index (χ4v) is 3.51. The molecule has 1 N–H and O–H groups in total. The van der Waals surface area contributed by atoms with Crippen LogP contribution in [0, 0.1) is 6.92 Å². The summed E-state index contributed by atoms with van der Waals surface area (Å²) in [4.78, 5) is 11.9. The molecule has 0 amide bonds. The van der Waals surface area contributed by atoms with E-state index in [1.807, 2.05) is 6.20 Å². The van der Waals surface area contributed by atoms with Crippen LogP contribution in [0.1, 0.15) is 75.6 Å². The summed E-state index contributed by atoms with van der Waals surface area (Å²) in [5.41, 5.74) is 2.38. The molecule has 22 heavy (non-hydrogen) atoms. The van der Waals surface area contributed by atoms with E-state index in [4.69, 9.17) is 4.98 Å². The average Bonchev–Trinajstić information content (AvgIpc) is 2.42. The fourth-order valence-electron chi connectivity index (χ4n) is 3.51. The Hall–Kier alpha value is -1.16. The van der Waals surface area contributed by atoms with Crippen LogP contribution in [0.15, 0.2) is 6.20 Å². The minimum absolute atomic E-state index is 0.353. The molecule has 2 fully saturated rings. The number of rotatable bonds is 4. The van der Waals surface area contributed by atoms with E-state index in [2.05, 4.69) is 29.0 Å². The van der Waals surface area contributed by atoms with Gasteiger partial charge in [0.1, 0.15) is 0 Å². The molecule has 1 aliphatic carbocycles. The topological polar surface area (TPSA) is 41.1 Å². The van der Waals surface area contributed by atoms with Gasteiger partial charge >= 0.3 is 0 Å². The van der Waals surface area contributed by atoms with Gasteiger partial charge in [-0.2, -0.15) is 0 Å². The summed E-state index contributed by atoms with van der Waals surface area (Å²) < 4.78 is 0. The molecule has 4 heteroatoms. The first-order chi connectivity index (χ1) is 10.7. The monoisotopic (exact) mass is 302 g/mol. The van der Waals surface area contributed by atoms with Crippen LogP contribution >= 0.6 is 0 Å². The molecule has 1 saturated heterocycles. The van der Waals surface area contributed by atoms with Gasteiger partial charge in [0.2, 0.25) is 5.95 Å². The fraction of sp³-hybridized carbons (Fsp3) is 0.778. The first-order valence-electron chi connectivity index (χ1n) is 9.08. The SMILES string of the molecule is Cc1nc(N2CCCCCCC2)ncc1[C@@H](C)NC1CCC1. The Morgan fingerprint density at radius 2 is 1.77 bits per heavy atom. The molecule has 1 atom stereocenters. The van der Waals surface area contributed by atoms with Crippen LogP contribution in [0.3, 0.4) is 0 Å². The third kappa shape index (κ3) is 3.78. The van der Waals surface area contributed by atoms with Crippen molar-refractivity contribution in [3.63, 3.8) is 0 Å². The smallest absolute Gasteiger partial charge is 0.225 e.